The van der Waals surface area contributed by atoms with Crippen LogP contribution >= 0.6 is 0 Å². The summed E-state index contributed by atoms with van der Waals surface area (Å²) in [5.74, 6) is -0.678. The van der Waals surface area contributed by atoms with Crippen LogP contribution in [0.1, 0.15) is 30.1 Å². The fraction of sp³-hybridized carbons (Fsp3) is 0.467. The van der Waals surface area contributed by atoms with Crippen LogP contribution in [-0.2, 0) is 9.53 Å². The normalized spacial score (nSPS) is 18.0. The van der Waals surface area contributed by atoms with Gasteiger partial charge in [0.1, 0.15) is 0 Å². The van der Waals surface area contributed by atoms with Gasteiger partial charge in [-0.3, -0.25) is 9.59 Å². The zero-order chi connectivity index (χ0) is 16.1. The fourth-order valence-corrected chi connectivity index (χ4v) is 2.59. The third kappa shape index (κ3) is 3.87. The largest absolute Gasteiger partial charge is 0.488 e. The minimum Gasteiger partial charge on any atom is -0.466 e. The van der Waals surface area contributed by atoms with Crippen LogP contribution in [0.25, 0.3) is 0 Å². The Hall–Kier alpha value is -1.86. The Bertz CT molecular complexity index is 531. The van der Waals surface area contributed by atoms with E-state index in [4.69, 9.17) is 14.8 Å². The lowest BCUT2D eigenvalue weighted by Crippen LogP contribution is -2.43. The quantitative estimate of drug-likeness (QED) is 0.593. The Morgan fingerprint density at radius 1 is 1.32 bits per heavy atom. The Morgan fingerprint density at radius 2 is 2.00 bits per heavy atom. The highest BCUT2D eigenvalue weighted by Gasteiger charge is 2.29. The molecule has 2 N–H and O–H groups in total. The van der Waals surface area contributed by atoms with Crippen LogP contribution in [0.4, 0.5) is 0 Å². The smallest absolute Gasteiger partial charge is 0.466 e. The van der Waals surface area contributed by atoms with Gasteiger partial charge in [-0.05, 0) is 37.4 Å². The van der Waals surface area contributed by atoms with Gasteiger partial charge in [-0.2, -0.15) is 0 Å². The zero-order valence-electron chi connectivity index (χ0n) is 12.6. The molecular weight excluding hydrogens is 285 g/mol. The average molecular weight is 305 g/mol. The second-order valence-corrected chi connectivity index (χ2v) is 5.34. The number of ether oxygens (including phenoxy) is 1. The van der Waals surface area contributed by atoms with E-state index >= 15 is 0 Å². The Morgan fingerprint density at radius 3 is 2.59 bits per heavy atom. The van der Waals surface area contributed by atoms with Crippen LogP contribution in [0, 0.1) is 5.92 Å². The number of carbonyl (C=O) groups excluding carboxylic acids is 2. The van der Waals surface area contributed by atoms with Crippen molar-refractivity contribution in [2.75, 3.05) is 19.7 Å². The Balaban J connectivity index is 2.03. The Kier molecular flexibility index (Phi) is 5.57. The molecule has 1 unspecified atom stereocenters. The van der Waals surface area contributed by atoms with Gasteiger partial charge in [0.15, 0.2) is 0 Å². The molecule has 6 nitrogen and oxygen atoms in total. The molecule has 7 heteroatoms. The lowest BCUT2D eigenvalue weighted by Gasteiger charge is -2.31. The summed E-state index contributed by atoms with van der Waals surface area (Å²) in [5, 5.41) is 18.1. The molecule has 0 saturated carbocycles. The van der Waals surface area contributed by atoms with Crippen molar-refractivity contribution < 1.29 is 24.4 Å². The number of hydrogen-bond donors (Lipinski definition) is 2. The van der Waals surface area contributed by atoms with E-state index in [2.05, 4.69) is 0 Å². The van der Waals surface area contributed by atoms with Crippen LogP contribution in [0.3, 0.4) is 0 Å². The zero-order valence-corrected chi connectivity index (χ0v) is 12.6. The third-order valence-corrected chi connectivity index (χ3v) is 3.78. The number of amides is 1. The van der Waals surface area contributed by atoms with Crippen molar-refractivity contribution in [3.63, 3.8) is 0 Å². The monoisotopic (exact) mass is 305 g/mol. The highest BCUT2D eigenvalue weighted by Crippen LogP contribution is 2.19. The van der Waals surface area contributed by atoms with Crippen molar-refractivity contribution in [1.29, 1.82) is 0 Å². The highest BCUT2D eigenvalue weighted by atomic mass is 16.5. The van der Waals surface area contributed by atoms with E-state index in [9.17, 15) is 9.59 Å². The number of nitrogens with zero attached hydrogens (tertiary/aromatic N) is 1. The predicted octanol–water partition coefficient (Wildman–Crippen LogP) is -0.218. The number of benzene rings is 1. The van der Waals surface area contributed by atoms with Gasteiger partial charge in [-0.15, -0.1) is 0 Å². The molecule has 1 aliphatic heterocycles. The van der Waals surface area contributed by atoms with Gasteiger partial charge in [0, 0.05) is 18.7 Å². The molecule has 2 rings (SSSR count). The van der Waals surface area contributed by atoms with Crippen molar-refractivity contribution in [2.24, 2.45) is 5.92 Å². The molecule has 1 heterocycles. The molecule has 1 saturated heterocycles. The van der Waals surface area contributed by atoms with E-state index in [0.29, 0.717) is 30.7 Å². The van der Waals surface area contributed by atoms with Gasteiger partial charge >= 0.3 is 13.1 Å². The number of carbonyl (C=O) groups is 2. The van der Waals surface area contributed by atoms with Crippen LogP contribution < -0.4 is 5.46 Å². The first kappa shape index (κ1) is 16.5. The van der Waals surface area contributed by atoms with E-state index in [0.717, 1.165) is 12.8 Å². The van der Waals surface area contributed by atoms with E-state index < -0.39 is 7.12 Å². The summed E-state index contributed by atoms with van der Waals surface area (Å²) in [7, 11) is -1.55. The highest BCUT2D eigenvalue weighted by molar-refractivity contribution is 6.58. The Labute approximate surface area is 129 Å². The molecule has 118 valence electrons. The van der Waals surface area contributed by atoms with Crippen molar-refractivity contribution in [3.05, 3.63) is 29.8 Å². The van der Waals surface area contributed by atoms with Crippen LogP contribution in [0.5, 0.6) is 0 Å². The van der Waals surface area contributed by atoms with Crippen molar-refractivity contribution in [1.82, 2.24) is 4.90 Å². The van der Waals surface area contributed by atoms with Crippen molar-refractivity contribution in [2.45, 2.75) is 19.8 Å². The topological polar surface area (TPSA) is 87.1 Å². The van der Waals surface area contributed by atoms with E-state index in [-0.39, 0.29) is 17.8 Å². The summed E-state index contributed by atoms with van der Waals surface area (Å²) < 4.78 is 5.02. The lowest BCUT2D eigenvalue weighted by molar-refractivity contribution is -0.149. The second kappa shape index (κ2) is 7.42. The number of rotatable bonds is 4. The SMILES string of the molecule is CCOC(=O)C1CCCN(C(=O)c2ccc(B(O)O)cc2)C1. The summed E-state index contributed by atoms with van der Waals surface area (Å²) in [4.78, 5) is 25.9. The lowest BCUT2D eigenvalue weighted by atomic mass is 9.80. The molecule has 0 bridgehead atoms. The molecule has 1 aromatic rings. The molecule has 0 spiro atoms. The molecule has 0 radical (unpaired) electrons. The maximum absolute atomic E-state index is 12.5. The first-order chi connectivity index (χ1) is 10.5. The molecule has 0 aliphatic carbocycles. The summed E-state index contributed by atoms with van der Waals surface area (Å²) >= 11 is 0. The summed E-state index contributed by atoms with van der Waals surface area (Å²) in [6.45, 7) is 3.08. The molecular formula is C15H20BNO5. The van der Waals surface area contributed by atoms with Crippen molar-refractivity contribution >= 4 is 24.5 Å². The molecule has 1 fully saturated rings. The van der Waals surface area contributed by atoms with Gasteiger partial charge in [-0.25, -0.2) is 0 Å². The molecule has 1 amide bonds. The predicted molar refractivity (Wildman–Crippen MR) is 81.5 cm³/mol. The van der Waals surface area contributed by atoms with Gasteiger partial charge in [0.05, 0.1) is 12.5 Å². The second-order valence-electron chi connectivity index (χ2n) is 5.34. The fourth-order valence-electron chi connectivity index (χ4n) is 2.59. The van der Waals surface area contributed by atoms with Crippen LogP contribution in [0.15, 0.2) is 24.3 Å². The molecule has 1 atom stereocenters. The number of hydrogen-bond acceptors (Lipinski definition) is 5. The van der Waals surface area contributed by atoms with Gasteiger partial charge < -0.3 is 19.7 Å². The number of piperidine rings is 1. The van der Waals surface area contributed by atoms with E-state index in [1.54, 1.807) is 24.0 Å². The molecule has 1 aliphatic rings. The van der Waals surface area contributed by atoms with Crippen LogP contribution in [-0.4, -0.2) is 53.6 Å². The van der Waals surface area contributed by atoms with Crippen LogP contribution in [0.2, 0.25) is 0 Å². The maximum atomic E-state index is 12.5. The molecule has 0 aromatic heterocycles. The number of esters is 1. The first-order valence-corrected chi connectivity index (χ1v) is 7.45. The minimum absolute atomic E-state index is 0.159. The minimum atomic E-state index is -1.55. The number of likely N-dealkylation sites (tertiary alicyclic amines) is 1. The third-order valence-electron chi connectivity index (χ3n) is 3.78. The standard InChI is InChI=1S/C15H20BNO5/c1-2-22-15(19)12-4-3-9-17(10-12)14(18)11-5-7-13(8-6-11)16(20)21/h5-8,12,20-21H,2-4,9-10H2,1H3. The first-order valence-electron chi connectivity index (χ1n) is 7.45. The molecule has 1 aromatic carbocycles. The average Bonchev–Trinajstić information content (AvgIpc) is 2.54. The van der Waals surface area contributed by atoms with Gasteiger partial charge in [0.2, 0.25) is 0 Å². The summed E-state index contributed by atoms with van der Waals surface area (Å²) in [6.07, 6.45) is 1.50. The van der Waals surface area contributed by atoms with Gasteiger partial charge in [0.25, 0.3) is 5.91 Å². The van der Waals surface area contributed by atoms with E-state index in [1.165, 1.54) is 12.1 Å². The van der Waals surface area contributed by atoms with Gasteiger partial charge in [-0.1, -0.05) is 12.1 Å². The summed E-state index contributed by atoms with van der Waals surface area (Å²) in [5.41, 5.74) is 0.800. The van der Waals surface area contributed by atoms with Crippen molar-refractivity contribution in [3.8, 4) is 0 Å². The van der Waals surface area contributed by atoms with E-state index in [1.807, 2.05) is 0 Å². The molecule has 22 heavy (non-hydrogen) atoms. The maximum Gasteiger partial charge on any atom is 0.488 e. The summed E-state index contributed by atoms with van der Waals surface area (Å²) in [6, 6.07) is 6.13.